The molecule has 3 aliphatic rings. The fraction of sp³-hybridized carbons (Fsp3) is 0.737. The second-order valence-electron chi connectivity index (χ2n) is 8.29. The highest BCUT2D eigenvalue weighted by Gasteiger charge is 2.43. The minimum atomic E-state index is -3.31. The Balaban J connectivity index is 1.32. The standard InChI is InChI=1S/C19H29N3O2S3/c23-27(24,17-7-4-14-26-17)22-12-9-19(10-13-22)8-11-21(15-19)18(25)20-16-5-2-1-3-6-16/h4,7,14,16H,1-3,5-6,8-13,15H2,(H,20,25). The summed E-state index contributed by atoms with van der Waals surface area (Å²) < 4.78 is 27.6. The van der Waals surface area contributed by atoms with Crippen molar-refractivity contribution in [3.8, 4) is 0 Å². The lowest BCUT2D eigenvalue weighted by Gasteiger charge is -2.38. The fourth-order valence-corrected chi connectivity index (χ4v) is 7.68. The molecular formula is C19H29N3O2S3. The zero-order valence-corrected chi connectivity index (χ0v) is 18.2. The van der Waals surface area contributed by atoms with E-state index in [0.717, 1.165) is 37.5 Å². The Morgan fingerprint density at radius 3 is 2.52 bits per heavy atom. The van der Waals surface area contributed by atoms with Crippen LogP contribution in [-0.4, -0.2) is 55.0 Å². The molecule has 1 aromatic heterocycles. The predicted octanol–water partition coefficient (Wildman–Crippen LogP) is 3.43. The van der Waals surface area contributed by atoms with Crippen molar-refractivity contribution in [3.05, 3.63) is 17.5 Å². The van der Waals surface area contributed by atoms with Crippen LogP contribution in [0.15, 0.2) is 21.7 Å². The van der Waals surface area contributed by atoms with Crippen molar-refractivity contribution in [1.82, 2.24) is 14.5 Å². The molecule has 2 aliphatic heterocycles. The van der Waals surface area contributed by atoms with Crippen LogP contribution in [0.1, 0.15) is 51.4 Å². The van der Waals surface area contributed by atoms with E-state index in [1.54, 1.807) is 16.4 Å². The van der Waals surface area contributed by atoms with E-state index in [4.69, 9.17) is 12.2 Å². The normalized spacial score (nSPS) is 24.4. The van der Waals surface area contributed by atoms with Crippen LogP contribution < -0.4 is 5.32 Å². The lowest BCUT2D eigenvalue weighted by Crippen LogP contribution is -2.47. The Bertz CT molecular complexity index is 749. The number of likely N-dealkylation sites (tertiary alicyclic amines) is 1. The van der Waals surface area contributed by atoms with Gasteiger partial charge in [-0.2, -0.15) is 4.31 Å². The maximum Gasteiger partial charge on any atom is 0.252 e. The van der Waals surface area contributed by atoms with Gasteiger partial charge in [-0.1, -0.05) is 25.3 Å². The fourth-order valence-electron chi connectivity index (χ4n) is 4.77. The van der Waals surface area contributed by atoms with E-state index >= 15 is 0 Å². The number of piperidine rings is 1. The molecule has 5 nitrogen and oxygen atoms in total. The van der Waals surface area contributed by atoms with E-state index in [1.807, 2.05) is 5.38 Å². The van der Waals surface area contributed by atoms with Gasteiger partial charge in [0.15, 0.2) is 5.11 Å². The second kappa shape index (κ2) is 7.97. The van der Waals surface area contributed by atoms with Gasteiger partial charge in [-0.15, -0.1) is 11.3 Å². The molecule has 0 amide bonds. The summed E-state index contributed by atoms with van der Waals surface area (Å²) in [5.74, 6) is 0. The van der Waals surface area contributed by atoms with Crippen LogP contribution in [0.2, 0.25) is 0 Å². The van der Waals surface area contributed by atoms with Crippen molar-refractivity contribution in [2.45, 2.75) is 61.6 Å². The maximum absolute atomic E-state index is 12.7. The Kier molecular flexibility index (Phi) is 5.79. The number of nitrogens with zero attached hydrogens (tertiary/aromatic N) is 2. The third kappa shape index (κ3) is 4.18. The third-order valence-corrected chi connectivity index (χ3v) is 10.2. The molecule has 2 saturated heterocycles. The van der Waals surface area contributed by atoms with Crippen molar-refractivity contribution in [1.29, 1.82) is 0 Å². The highest BCUT2D eigenvalue weighted by atomic mass is 32.2. The molecule has 8 heteroatoms. The van der Waals surface area contributed by atoms with Crippen LogP contribution >= 0.6 is 23.6 Å². The maximum atomic E-state index is 12.7. The summed E-state index contributed by atoms with van der Waals surface area (Å²) in [7, 11) is -3.31. The average Bonchev–Trinajstić information content (AvgIpc) is 3.34. The van der Waals surface area contributed by atoms with Crippen molar-refractivity contribution in [2.24, 2.45) is 5.41 Å². The van der Waals surface area contributed by atoms with Crippen LogP contribution in [0.4, 0.5) is 0 Å². The highest BCUT2D eigenvalue weighted by molar-refractivity contribution is 7.91. The van der Waals surface area contributed by atoms with Crippen LogP contribution in [-0.2, 0) is 10.0 Å². The summed E-state index contributed by atoms with van der Waals surface area (Å²) in [5.41, 5.74) is 0.222. The Morgan fingerprint density at radius 2 is 1.85 bits per heavy atom. The minimum Gasteiger partial charge on any atom is -0.360 e. The van der Waals surface area contributed by atoms with Gasteiger partial charge in [0.25, 0.3) is 10.0 Å². The molecule has 0 atom stereocenters. The van der Waals surface area contributed by atoms with Crippen LogP contribution in [0.5, 0.6) is 0 Å². The first-order valence-electron chi connectivity index (χ1n) is 10.1. The quantitative estimate of drug-likeness (QED) is 0.749. The molecule has 0 radical (unpaired) electrons. The molecule has 1 aromatic rings. The lowest BCUT2D eigenvalue weighted by molar-refractivity contribution is 0.166. The van der Waals surface area contributed by atoms with Crippen molar-refractivity contribution in [2.75, 3.05) is 26.2 Å². The predicted molar refractivity (Wildman–Crippen MR) is 114 cm³/mol. The number of thiocarbonyl (C=S) groups is 1. The van der Waals surface area contributed by atoms with Crippen molar-refractivity contribution >= 4 is 38.7 Å². The molecule has 27 heavy (non-hydrogen) atoms. The summed E-state index contributed by atoms with van der Waals surface area (Å²) in [6.45, 7) is 3.21. The van der Waals surface area contributed by atoms with Gasteiger partial charge < -0.3 is 10.2 Å². The number of thiophene rings is 1. The van der Waals surface area contributed by atoms with Gasteiger partial charge in [0.2, 0.25) is 0 Å². The van der Waals surface area contributed by atoms with Crippen molar-refractivity contribution in [3.63, 3.8) is 0 Å². The van der Waals surface area contributed by atoms with Gasteiger partial charge in [-0.05, 0) is 61.2 Å². The number of hydrogen-bond donors (Lipinski definition) is 1. The first-order valence-corrected chi connectivity index (χ1v) is 12.8. The second-order valence-corrected chi connectivity index (χ2v) is 11.8. The van der Waals surface area contributed by atoms with E-state index in [-0.39, 0.29) is 5.41 Å². The number of sulfonamides is 1. The topological polar surface area (TPSA) is 52.7 Å². The average molecular weight is 428 g/mol. The van der Waals surface area contributed by atoms with E-state index in [2.05, 4.69) is 10.2 Å². The number of rotatable bonds is 3. The molecule has 1 N–H and O–H groups in total. The Morgan fingerprint density at radius 1 is 1.15 bits per heavy atom. The molecule has 1 saturated carbocycles. The number of nitrogens with one attached hydrogen (secondary N) is 1. The smallest absolute Gasteiger partial charge is 0.252 e. The van der Waals surface area contributed by atoms with Gasteiger partial charge in [-0.3, -0.25) is 0 Å². The highest BCUT2D eigenvalue weighted by Crippen LogP contribution is 2.41. The van der Waals surface area contributed by atoms with E-state index in [0.29, 0.717) is 23.3 Å². The monoisotopic (exact) mass is 427 g/mol. The molecule has 3 heterocycles. The van der Waals surface area contributed by atoms with E-state index < -0.39 is 10.0 Å². The van der Waals surface area contributed by atoms with Crippen LogP contribution in [0.25, 0.3) is 0 Å². The van der Waals surface area contributed by atoms with E-state index in [1.165, 1.54) is 43.4 Å². The largest absolute Gasteiger partial charge is 0.360 e. The molecule has 0 bridgehead atoms. The van der Waals surface area contributed by atoms with Gasteiger partial charge in [-0.25, -0.2) is 8.42 Å². The zero-order valence-electron chi connectivity index (χ0n) is 15.7. The van der Waals surface area contributed by atoms with Gasteiger partial charge >= 0.3 is 0 Å². The number of hydrogen-bond acceptors (Lipinski definition) is 4. The molecular weight excluding hydrogens is 398 g/mol. The Hall–Kier alpha value is -0.700. The first-order chi connectivity index (χ1) is 13.0. The molecule has 1 aliphatic carbocycles. The molecule has 1 spiro atoms. The SMILES string of the molecule is O=S(=O)(c1cccs1)N1CCC2(CCN(C(=S)NC3CCCCC3)C2)CC1. The first kappa shape index (κ1) is 19.6. The minimum absolute atomic E-state index is 0.222. The summed E-state index contributed by atoms with van der Waals surface area (Å²) in [6, 6.07) is 4.05. The lowest BCUT2D eigenvalue weighted by atomic mass is 9.78. The van der Waals surface area contributed by atoms with Gasteiger partial charge in [0, 0.05) is 32.2 Å². The Labute approximate surface area is 172 Å². The molecule has 3 fully saturated rings. The van der Waals surface area contributed by atoms with Gasteiger partial charge in [0.05, 0.1) is 0 Å². The summed E-state index contributed by atoms with van der Waals surface area (Å²) >= 11 is 7.00. The van der Waals surface area contributed by atoms with Gasteiger partial charge in [0.1, 0.15) is 4.21 Å². The van der Waals surface area contributed by atoms with E-state index in [9.17, 15) is 8.42 Å². The molecule has 150 valence electrons. The van der Waals surface area contributed by atoms with Crippen LogP contribution in [0, 0.1) is 5.41 Å². The summed E-state index contributed by atoms with van der Waals surface area (Å²) in [5, 5.41) is 6.32. The third-order valence-electron chi connectivity index (χ3n) is 6.53. The summed E-state index contributed by atoms with van der Waals surface area (Å²) in [4.78, 5) is 2.33. The summed E-state index contributed by atoms with van der Waals surface area (Å²) in [6.07, 6.45) is 9.40. The zero-order chi connectivity index (χ0) is 18.9. The molecule has 0 unspecified atom stereocenters. The molecule has 0 aromatic carbocycles. The van der Waals surface area contributed by atoms with Crippen molar-refractivity contribution < 1.29 is 8.42 Å². The van der Waals surface area contributed by atoms with Crippen LogP contribution in [0.3, 0.4) is 0 Å². The molecule has 4 rings (SSSR count).